The van der Waals surface area contributed by atoms with E-state index < -0.39 is 0 Å². The largest absolute Gasteiger partial charge is 0.314 e. The van der Waals surface area contributed by atoms with Crippen molar-refractivity contribution in [2.45, 2.75) is 38.6 Å². The molecule has 0 spiro atoms. The van der Waals surface area contributed by atoms with E-state index in [2.05, 4.69) is 33.1 Å². The first-order valence-electron chi connectivity index (χ1n) is 7.62. The van der Waals surface area contributed by atoms with Crippen molar-refractivity contribution in [1.29, 1.82) is 0 Å². The number of unbranched alkanes of at least 4 members (excludes halogenated alkanes) is 2. The lowest BCUT2D eigenvalue weighted by molar-refractivity contribution is 0.159. The van der Waals surface area contributed by atoms with Crippen molar-refractivity contribution in [1.82, 2.24) is 10.2 Å². The Bertz CT molecular complexity index is 425. The van der Waals surface area contributed by atoms with Crippen molar-refractivity contribution < 1.29 is 4.39 Å². The van der Waals surface area contributed by atoms with E-state index in [0.717, 1.165) is 49.1 Å². The van der Waals surface area contributed by atoms with Crippen LogP contribution in [0.2, 0.25) is 0 Å². The SMILES string of the molecule is CCCCC[C@H](c1cc(Br)ccc1F)N1CCNCC1.Cl. The van der Waals surface area contributed by atoms with Crippen molar-refractivity contribution in [2.24, 2.45) is 0 Å². The van der Waals surface area contributed by atoms with Crippen LogP contribution in [0.25, 0.3) is 0 Å². The van der Waals surface area contributed by atoms with Crippen LogP contribution in [0.5, 0.6) is 0 Å². The van der Waals surface area contributed by atoms with Crippen LogP contribution in [0, 0.1) is 5.82 Å². The molecule has 1 aromatic carbocycles. The van der Waals surface area contributed by atoms with Gasteiger partial charge < -0.3 is 5.32 Å². The van der Waals surface area contributed by atoms with Gasteiger partial charge in [-0.05, 0) is 24.6 Å². The van der Waals surface area contributed by atoms with Crippen LogP contribution in [0.15, 0.2) is 22.7 Å². The molecule has 5 heteroatoms. The van der Waals surface area contributed by atoms with E-state index in [1.165, 1.54) is 12.8 Å². The minimum Gasteiger partial charge on any atom is -0.314 e. The van der Waals surface area contributed by atoms with Crippen LogP contribution in [-0.2, 0) is 0 Å². The Morgan fingerprint density at radius 1 is 1.29 bits per heavy atom. The van der Waals surface area contributed by atoms with Gasteiger partial charge in [0.15, 0.2) is 0 Å². The molecule has 2 nitrogen and oxygen atoms in total. The highest BCUT2D eigenvalue weighted by atomic mass is 79.9. The third-order valence-electron chi connectivity index (χ3n) is 3.99. The van der Waals surface area contributed by atoms with Crippen LogP contribution < -0.4 is 5.32 Å². The molecule has 1 atom stereocenters. The van der Waals surface area contributed by atoms with Crippen molar-refractivity contribution in [2.75, 3.05) is 26.2 Å². The lowest BCUT2D eigenvalue weighted by Crippen LogP contribution is -2.45. The van der Waals surface area contributed by atoms with Gasteiger partial charge >= 0.3 is 0 Å². The number of piperazine rings is 1. The van der Waals surface area contributed by atoms with E-state index in [4.69, 9.17) is 0 Å². The van der Waals surface area contributed by atoms with E-state index in [9.17, 15) is 4.39 Å². The quantitative estimate of drug-likeness (QED) is 0.730. The number of hydrogen-bond acceptors (Lipinski definition) is 2. The molecule has 1 saturated heterocycles. The third-order valence-corrected chi connectivity index (χ3v) is 4.48. The highest BCUT2D eigenvalue weighted by molar-refractivity contribution is 9.10. The molecule has 120 valence electrons. The molecule has 21 heavy (non-hydrogen) atoms. The maximum Gasteiger partial charge on any atom is 0.128 e. The van der Waals surface area contributed by atoms with Crippen LogP contribution in [-0.4, -0.2) is 31.1 Å². The summed E-state index contributed by atoms with van der Waals surface area (Å²) in [5.41, 5.74) is 0.845. The molecule has 1 aromatic rings. The van der Waals surface area contributed by atoms with Crippen LogP contribution in [0.4, 0.5) is 4.39 Å². The lowest BCUT2D eigenvalue weighted by atomic mass is 9.97. The fourth-order valence-electron chi connectivity index (χ4n) is 2.89. The number of benzene rings is 1. The first-order valence-corrected chi connectivity index (χ1v) is 8.41. The molecule has 0 saturated carbocycles. The summed E-state index contributed by atoms with van der Waals surface area (Å²) >= 11 is 3.47. The van der Waals surface area contributed by atoms with Crippen LogP contribution in [0.1, 0.15) is 44.2 Å². The smallest absolute Gasteiger partial charge is 0.128 e. The van der Waals surface area contributed by atoms with Crippen molar-refractivity contribution in [3.8, 4) is 0 Å². The zero-order valence-corrected chi connectivity index (χ0v) is 15.0. The molecule has 0 aliphatic carbocycles. The van der Waals surface area contributed by atoms with E-state index in [1.807, 2.05) is 6.07 Å². The van der Waals surface area contributed by atoms with Gasteiger partial charge in [0.25, 0.3) is 0 Å². The topological polar surface area (TPSA) is 15.3 Å². The first-order chi connectivity index (χ1) is 9.72. The lowest BCUT2D eigenvalue weighted by Gasteiger charge is -2.35. The number of nitrogens with zero attached hydrogens (tertiary/aromatic N) is 1. The average Bonchev–Trinajstić information content (AvgIpc) is 2.48. The average molecular weight is 380 g/mol. The molecule has 0 unspecified atom stereocenters. The maximum atomic E-state index is 14.2. The predicted molar refractivity (Wildman–Crippen MR) is 92.7 cm³/mol. The molecule has 0 bridgehead atoms. The van der Waals surface area contributed by atoms with Crippen LogP contribution >= 0.6 is 28.3 Å². The molecule has 0 aromatic heterocycles. The summed E-state index contributed by atoms with van der Waals surface area (Å²) in [5, 5.41) is 3.37. The van der Waals surface area contributed by atoms with Gasteiger partial charge in [0.1, 0.15) is 5.82 Å². The first kappa shape index (κ1) is 18.9. The highest BCUT2D eigenvalue weighted by Crippen LogP contribution is 2.30. The number of hydrogen-bond donors (Lipinski definition) is 1. The summed E-state index contributed by atoms with van der Waals surface area (Å²) in [6.07, 6.45) is 4.63. The zero-order chi connectivity index (χ0) is 14.4. The van der Waals surface area contributed by atoms with Gasteiger partial charge in [-0.25, -0.2) is 4.39 Å². The Kier molecular flexibility index (Phi) is 8.79. The summed E-state index contributed by atoms with van der Waals surface area (Å²) < 4.78 is 15.2. The second-order valence-electron chi connectivity index (χ2n) is 5.46. The third kappa shape index (κ3) is 5.51. The molecule has 0 amide bonds. The van der Waals surface area contributed by atoms with E-state index in [0.29, 0.717) is 0 Å². The van der Waals surface area contributed by atoms with E-state index in [-0.39, 0.29) is 24.3 Å². The molecule has 1 aliphatic rings. The second kappa shape index (κ2) is 9.78. The molecule has 2 rings (SSSR count). The molecular weight excluding hydrogens is 355 g/mol. The van der Waals surface area contributed by atoms with Crippen molar-refractivity contribution >= 4 is 28.3 Å². The molecule has 0 radical (unpaired) electrons. The van der Waals surface area contributed by atoms with Gasteiger partial charge in [0, 0.05) is 42.3 Å². The summed E-state index contributed by atoms with van der Waals surface area (Å²) in [5.74, 6) is -0.0757. The number of nitrogens with one attached hydrogen (secondary N) is 1. The normalized spacial score (nSPS) is 17.3. The molecule has 1 aliphatic heterocycles. The number of halogens is 3. The second-order valence-corrected chi connectivity index (χ2v) is 6.38. The maximum absolute atomic E-state index is 14.2. The van der Waals surface area contributed by atoms with Crippen molar-refractivity contribution in [3.05, 3.63) is 34.1 Å². The predicted octanol–water partition coefficient (Wildman–Crippen LogP) is 4.54. The monoisotopic (exact) mass is 378 g/mol. The van der Waals surface area contributed by atoms with Gasteiger partial charge in [-0.15, -0.1) is 12.4 Å². The Morgan fingerprint density at radius 2 is 2.00 bits per heavy atom. The Morgan fingerprint density at radius 3 is 2.67 bits per heavy atom. The fourth-order valence-corrected chi connectivity index (χ4v) is 3.27. The Labute approximate surface area is 142 Å². The molecule has 1 heterocycles. The minimum atomic E-state index is -0.0757. The fraction of sp³-hybridized carbons (Fsp3) is 0.625. The van der Waals surface area contributed by atoms with Gasteiger partial charge in [-0.1, -0.05) is 42.1 Å². The van der Waals surface area contributed by atoms with Crippen molar-refractivity contribution in [3.63, 3.8) is 0 Å². The summed E-state index contributed by atoms with van der Waals surface area (Å²) in [6.45, 7) is 6.21. The molecular formula is C16H25BrClFN2. The number of rotatable bonds is 6. The van der Waals surface area contributed by atoms with Gasteiger partial charge in [-0.2, -0.15) is 0 Å². The van der Waals surface area contributed by atoms with E-state index >= 15 is 0 Å². The summed E-state index contributed by atoms with van der Waals surface area (Å²) in [7, 11) is 0. The molecule has 1 fully saturated rings. The minimum absolute atomic E-state index is 0. The zero-order valence-electron chi connectivity index (χ0n) is 12.6. The Balaban J connectivity index is 0.00000220. The standard InChI is InChI=1S/C16H24BrFN2.ClH/c1-2-3-4-5-16(20-10-8-19-9-11-20)14-12-13(17)6-7-15(14)18;/h6-7,12,16,19H,2-5,8-11H2,1H3;1H/t16-;/m1./s1. The summed E-state index contributed by atoms with van der Waals surface area (Å²) in [4.78, 5) is 2.43. The van der Waals surface area contributed by atoms with Gasteiger partial charge in [0.05, 0.1) is 0 Å². The highest BCUT2D eigenvalue weighted by Gasteiger charge is 2.24. The van der Waals surface area contributed by atoms with E-state index in [1.54, 1.807) is 12.1 Å². The summed E-state index contributed by atoms with van der Waals surface area (Å²) in [6, 6.07) is 5.52. The van der Waals surface area contributed by atoms with Gasteiger partial charge in [-0.3, -0.25) is 4.90 Å². The Hall–Kier alpha value is -0.160. The van der Waals surface area contributed by atoms with Crippen LogP contribution in [0.3, 0.4) is 0 Å². The molecule has 1 N–H and O–H groups in total. The van der Waals surface area contributed by atoms with Gasteiger partial charge in [0.2, 0.25) is 0 Å².